The summed E-state index contributed by atoms with van der Waals surface area (Å²) < 4.78 is 149. The Hall–Kier alpha value is -0.840. The van der Waals surface area contributed by atoms with Gasteiger partial charge >= 0.3 is 23.7 Å². The fourth-order valence-corrected chi connectivity index (χ4v) is 2.33. The maximum Gasteiger partial charge on any atom is 0.349 e. The third-order valence-electron chi connectivity index (χ3n) is 4.81. The second-order valence-electron chi connectivity index (χ2n) is 6.31. The molecule has 25 heavy (non-hydrogen) atoms. The topological polar surface area (TPSA) is 0 Å². The minimum Gasteiger partial charge on any atom is -0.233 e. The summed E-state index contributed by atoms with van der Waals surface area (Å²) in [6, 6.07) is 0. The van der Waals surface area contributed by atoms with E-state index in [0.29, 0.717) is 0 Å². The summed E-state index contributed by atoms with van der Waals surface area (Å²) in [6.45, 7) is 0.247. The van der Waals surface area contributed by atoms with Crippen molar-refractivity contribution in [3.8, 4) is 0 Å². The molecule has 0 aliphatic heterocycles. The van der Waals surface area contributed by atoms with Gasteiger partial charge in [-0.2, -0.15) is 35.1 Å². The van der Waals surface area contributed by atoms with Gasteiger partial charge < -0.3 is 0 Å². The highest BCUT2D eigenvalue weighted by molar-refractivity contribution is 5.29. The van der Waals surface area contributed by atoms with Gasteiger partial charge in [-0.3, -0.25) is 0 Å². The zero-order valence-electron chi connectivity index (χ0n) is 12.5. The second kappa shape index (κ2) is 5.11. The minimum absolute atomic E-state index is 0. The lowest BCUT2D eigenvalue weighted by Gasteiger charge is -2.55. The van der Waals surface area contributed by atoms with Crippen LogP contribution in [0.2, 0.25) is 0 Å². The SMILES string of the molecule is C.CC1(F)C(C)(F)C(F)(F)C1(F)F.CC1(F)C(F)(F)C(C)(F)C1(F)F. The predicted octanol–water partition coefficient (Wildman–Crippen LogP) is 6.09. The number of alkyl halides is 12. The molecule has 2 saturated carbocycles. The largest absolute Gasteiger partial charge is 0.349 e. The van der Waals surface area contributed by atoms with E-state index in [0.717, 1.165) is 0 Å². The molecule has 0 radical (unpaired) electrons. The summed E-state index contributed by atoms with van der Waals surface area (Å²) in [6.07, 6.45) is 0. The van der Waals surface area contributed by atoms with Crippen LogP contribution < -0.4 is 0 Å². The van der Waals surface area contributed by atoms with E-state index in [1.54, 1.807) is 0 Å². The molecule has 0 nitrogen and oxygen atoms in total. The van der Waals surface area contributed by atoms with Gasteiger partial charge in [-0.15, -0.1) is 0 Å². The molecule has 0 spiro atoms. The number of hydrogen-bond acceptors (Lipinski definition) is 0. The summed E-state index contributed by atoms with van der Waals surface area (Å²) in [5.74, 6) is -19.1. The van der Waals surface area contributed by atoms with Crippen molar-refractivity contribution in [3.05, 3.63) is 0 Å². The Kier molecular flexibility index (Phi) is 4.94. The van der Waals surface area contributed by atoms with Crippen molar-refractivity contribution in [2.24, 2.45) is 0 Å². The highest BCUT2D eigenvalue weighted by Gasteiger charge is 2.95. The molecule has 0 saturated heterocycles. The molecule has 2 unspecified atom stereocenters. The normalized spacial score (nSPS) is 48.0. The molecule has 2 fully saturated rings. The first-order chi connectivity index (χ1) is 10.0. The summed E-state index contributed by atoms with van der Waals surface area (Å²) in [5, 5.41) is 0. The molecule has 2 aliphatic carbocycles. The van der Waals surface area contributed by atoms with Gasteiger partial charge in [0.25, 0.3) is 0 Å². The lowest BCUT2D eigenvalue weighted by Crippen LogP contribution is -2.83. The van der Waals surface area contributed by atoms with E-state index in [2.05, 4.69) is 0 Å². The van der Waals surface area contributed by atoms with E-state index in [1.807, 2.05) is 0 Å². The number of hydrogen-bond donors (Lipinski definition) is 0. The molecule has 0 aromatic carbocycles. The van der Waals surface area contributed by atoms with E-state index in [-0.39, 0.29) is 35.1 Å². The number of rotatable bonds is 0. The maximum absolute atomic E-state index is 12.7. The van der Waals surface area contributed by atoms with Crippen LogP contribution in [-0.2, 0) is 0 Å². The van der Waals surface area contributed by atoms with Gasteiger partial charge in [0, 0.05) is 0 Å². The average Bonchev–Trinajstić information content (AvgIpc) is 2.36. The molecule has 0 N–H and O–H groups in total. The predicted molar refractivity (Wildman–Crippen MR) is 64.6 cm³/mol. The van der Waals surface area contributed by atoms with Gasteiger partial charge in [-0.05, 0) is 27.7 Å². The molecule has 12 heteroatoms. The lowest BCUT2D eigenvalue weighted by molar-refractivity contribution is -0.427. The lowest BCUT2D eigenvalue weighted by atomic mass is 9.63. The Labute approximate surface area is 135 Å². The fourth-order valence-electron chi connectivity index (χ4n) is 2.33. The molecule has 2 rings (SSSR count). The van der Waals surface area contributed by atoms with Crippen LogP contribution in [0, 0.1) is 0 Å². The van der Waals surface area contributed by atoms with Crippen LogP contribution in [0.5, 0.6) is 0 Å². The first kappa shape index (κ1) is 24.2. The quantitative estimate of drug-likeness (QED) is 0.432. The Morgan fingerprint density at radius 3 is 0.560 bits per heavy atom. The number of halogens is 12. The first-order valence-electron chi connectivity index (χ1n) is 6.27. The summed E-state index contributed by atoms with van der Waals surface area (Å²) in [5.41, 5.74) is -15.8. The first-order valence-corrected chi connectivity index (χ1v) is 6.27. The van der Waals surface area contributed by atoms with Crippen LogP contribution >= 0.6 is 0 Å². The van der Waals surface area contributed by atoms with Crippen LogP contribution in [0.4, 0.5) is 52.7 Å². The smallest absolute Gasteiger partial charge is 0.233 e. The van der Waals surface area contributed by atoms with Crippen molar-refractivity contribution in [1.82, 2.24) is 0 Å². The van der Waals surface area contributed by atoms with E-state index in [9.17, 15) is 52.7 Å². The third kappa shape index (κ3) is 2.05. The van der Waals surface area contributed by atoms with Gasteiger partial charge in [0.2, 0.25) is 22.7 Å². The van der Waals surface area contributed by atoms with E-state index in [1.165, 1.54) is 0 Å². The highest BCUT2D eigenvalue weighted by atomic mass is 19.3. The maximum atomic E-state index is 12.7. The highest BCUT2D eigenvalue weighted by Crippen LogP contribution is 2.68. The van der Waals surface area contributed by atoms with Crippen molar-refractivity contribution in [2.75, 3.05) is 0 Å². The molecule has 2 aliphatic rings. The van der Waals surface area contributed by atoms with E-state index in [4.69, 9.17) is 0 Å². The monoisotopic (exact) mass is 400 g/mol. The second-order valence-corrected chi connectivity index (χ2v) is 6.31. The van der Waals surface area contributed by atoms with Crippen LogP contribution in [-0.4, -0.2) is 46.4 Å². The van der Waals surface area contributed by atoms with Gasteiger partial charge in [0.05, 0.1) is 0 Å². The van der Waals surface area contributed by atoms with Gasteiger partial charge in [0.15, 0.2) is 0 Å². The average molecular weight is 400 g/mol. The molecule has 0 bridgehead atoms. The van der Waals surface area contributed by atoms with Crippen LogP contribution in [0.15, 0.2) is 0 Å². The molecule has 0 amide bonds. The zero-order valence-corrected chi connectivity index (χ0v) is 12.5. The van der Waals surface area contributed by atoms with Crippen molar-refractivity contribution < 1.29 is 52.7 Å². The van der Waals surface area contributed by atoms with Gasteiger partial charge in [-0.25, -0.2) is 17.6 Å². The van der Waals surface area contributed by atoms with Crippen molar-refractivity contribution in [1.29, 1.82) is 0 Å². The minimum atomic E-state index is -4.93. The van der Waals surface area contributed by atoms with Crippen LogP contribution in [0.3, 0.4) is 0 Å². The molecule has 0 aromatic rings. The Bertz CT molecular complexity index is 353. The van der Waals surface area contributed by atoms with Crippen molar-refractivity contribution in [2.45, 2.75) is 81.5 Å². The van der Waals surface area contributed by atoms with Gasteiger partial charge in [-0.1, -0.05) is 7.43 Å². The van der Waals surface area contributed by atoms with E-state index < -0.39 is 46.4 Å². The van der Waals surface area contributed by atoms with Crippen LogP contribution in [0.1, 0.15) is 35.1 Å². The molecule has 152 valence electrons. The molecular formula is C13H16F12. The molecule has 2 atom stereocenters. The zero-order chi connectivity index (χ0) is 20.0. The van der Waals surface area contributed by atoms with Crippen LogP contribution in [0.25, 0.3) is 0 Å². The summed E-state index contributed by atoms with van der Waals surface area (Å²) in [4.78, 5) is 0. The standard InChI is InChI=1S/2C6H6F6.CH4/c1-3(7)5(9,10)4(2,8)6(3,11)12;1-3(7)4(2,8)6(11,12)5(3,9)10;/h2*1-2H3;1H4. The molecule has 0 aromatic heterocycles. The Balaban J connectivity index is 0.000000443. The molecular weight excluding hydrogens is 384 g/mol. The Morgan fingerprint density at radius 1 is 0.320 bits per heavy atom. The third-order valence-corrected chi connectivity index (χ3v) is 4.81. The summed E-state index contributed by atoms with van der Waals surface area (Å²) >= 11 is 0. The van der Waals surface area contributed by atoms with Gasteiger partial charge in [0.1, 0.15) is 0 Å². The van der Waals surface area contributed by atoms with E-state index >= 15 is 0 Å². The fraction of sp³-hybridized carbons (Fsp3) is 1.00. The summed E-state index contributed by atoms with van der Waals surface area (Å²) in [7, 11) is 0. The molecule has 0 heterocycles. The Morgan fingerprint density at radius 2 is 0.480 bits per heavy atom. The van der Waals surface area contributed by atoms with Crippen molar-refractivity contribution in [3.63, 3.8) is 0 Å². The van der Waals surface area contributed by atoms with Crippen molar-refractivity contribution >= 4 is 0 Å².